The fourth-order valence-electron chi connectivity index (χ4n) is 2.84. The van der Waals surface area contributed by atoms with Gasteiger partial charge >= 0.3 is 0 Å². The Morgan fingerprint density at radius 1 is 1.11 bits per heavy atom. The van der Waals surface area contributed by atoms with Crippen LogP contribution in [0.4, 0.5) is 0 Å². The summed E-state index contributed by atoms with van der Waals surface area (Å²) < 4.78 is 25.8. The highest BCUT2D eigenvalue weighted by molar-refractivity contribution is 7.89. The minimum Gasteiger partial charge on any atom is -0.345 e. The van der Waals surface area contributed by atoms with Gasteiger partial charge in [-0.3, -0.25) is 4.79 Å². The van der Waals surface area contributed by atoms with E-state index in [1.54, 1.807) is 12.1 Å². The SMILES string of the molecule is CN(C)S(=O)(=O)c1ccc(Cl)c(C(=O)N[C@@H](c2ccc(Cl)cc2)C2CC2)c1. The molecule has 1 atom stereocenters. The van der Waals surface area contributed by atoms with Crippen LogP contribution >= 0.6 is 23.2 Å². The average Bonchev–Trinajstić information content (AvgIpc) is 3.45. The smallest absolute Gasteiger partial charge is 0.253 e. The Kier molecular flexibility index (Phi) is 5.82. The highest BCUT2D eigenvalue weighted by atomic mass is 35.5. The van der Waals surface area contributed by atoms with Crippen molar-refractivity contribution in [1.29, 1.82) is 0 Å². The molecule has 3 rings (SSSR count). The van der Waals surface area contributed by atoms with Crippen LogP contribution in [0.15, 0.2) is 47.4 Å². The first-order valence-corrected chi connectivity index (χ1v) is 10.7. The van der Waals surface area contributed by atoms with E-state index in [0.717, 1.165) is 22.7 Å². The van der Waals surface area contributed by atoms with E-state index < -0.39 is 15.9 Å². The van der Waals surface area contributed by atoms with Gasteiger partial charge in [0.15, 0.2) is 0 Å². The molecule has 1 saturated carbocycles. The number of amides is 1. The molecule has 1 amide bonds. The summed E-state index contributed by atoms with van der Waals surface area (Å²) in [5.41, 5.74) is 1.10. The fraction of sp³-hybridized carbons (Fsp3) is 0.316. The molecular weight excluding hydrogens is 407 g/mol. The number of hydrogen-bond donors (Lipinski definition) is 1. The van der Waals surface area contributed by atoms with E-state index in [1.165, 1.54) is 32.3 Å². The summed E-state index contributed by atoms with van der Waals surface area (Å²) in [6.07, 6.45) is 2.05. The molecule has 0 unspecified atom stereocenters. The lowest BCUT2D eigenvalue weighted by molar-refractivity contribution is 0.0931. The molecule has 2 aromatic rings. The molecule has 0 radical (unpaired) electrons. The lowest BCUT2D eigenvalue weighted by atomic mass is 10.0. The Balaban J connectivity index is 1.89. The van der Waals surface area contributed by atoms with Crippen LogP contribution in [0.2, 0.25) is 10.0 Å². The molecule has 144 valence electrons. The van der Waals surface area contributed by atoms with Crippen LogP contribution in [0.3, 0.4) is 0 Å². The third-order valence-corrected chi connectivity index (χ3v) is 6.96. The van der Waals surface area contributed by atoms with E-state index in [-0.39, 0.29) is 21.5 Å². The maximum atomic E-state index is 12.9. The molecule has 5 nitrogen and oxygen atoms in total. The molecule has 2 aromatic carbocycles. The van der Waals surface area contributed by atoms with Crippen LogP contribution in [-0.2, 0) is 10.0 Å². The predicted octanol–water partition coefficient (Wildman–Crippen LogP) is 4.12. The Labute approximate surface area is 169 Å². The molecule has 1 aliphatic carbocycles. The van der Waals surface area contributed by atoms with Crippen molar-refractivity contribution in [1.82, 2.24) is 9.62 Å². The summed E-state index contributed by atoms with van der Waals surface area (Å²) in [7, 11) is -0.783. The molecule has 1 aliphatic rings. The van der Waals surface area contributed by atoms with Crippen LogP contribution in [0, 0.1) is 5.92 Å². The predicted molar refractivity (Wildman–Crippen MR) is 107 cm³/mol. The minimum atomic E-state index is -3.66. The van der Waals surface area contributed by atoms with Crippen LogP contribution in [0.1, 0.15) is 34.8 Å². The van der Waals surface area contributed by atoms with Crippen molar-refractivity contribution in [2.45, 2.75) is 23.8 Å². The van der Waals surface area contributed by atoms with Gasteiger partial charge in [0.2, 0.25) is 10.0 Å². The zero-order valence-electron chi connectivity index (χ0n) is 14.9. The number of nitrogens with zero attached hydrogens (tertiary/aromatic N) is 1. The summed E-state index contributed by atoms with van der Waals surface area (Å²) in [4.78, 5) is 12.9. The lowest BCUT2D eigenvalue weighted by Crippen LogP contribution is -2.30. The first kappa shape index (κ1) is 20.1. The van der Waals surface area contributed by atoms with Gasteiger partial charge in [0.1, 0.15) is 0 Å². The summed E-state index contributed by atoms with van der Waals surface area (Å²) in [5, 5.41) is 3.84. The molecule has 0 bridgehead atoms. The summed E-state index contributed by atoms with van der Waals surface area (Å²) in [6, 6.07) is 11.3. The van der Waals surface area contributed by atoms with E-state index in [4.69, 9.17) is 23.2 Å². The van der Waals surface area contributed by atoms with Gasteiger partial charge in [0, 0.05) is 19.1 Å². The number of nitrogens with one attached hydrogen (secondary N) is 1. The highest BCUT2D eigenvalue weighted by Crippen LogP contribution is 2.41. The lowest BCUT2D eigenvalue weighted by Gasteiger charge is -2.20. The molecular formula is C19H20Cl2N2O3S. The normalized spacial score (nSPS) is 15.6. The molecule has 27 heavy (non-hydrogen) atoms. The van der Waals surface area contributed by atoms with E-state index >= 15 is 0 Å². The highest BCUT2D eigenvalue weighted by Gasteiger charge is 2.34. The average molecular weight is 427 g/mol. The van der Waals surface area contributed by atoms with Gasteiger partial charge in [0.05, 0.1) is 21.5 Å². The van der Waals surface area contributed by atoms with Crippen molar-refractivity contribution >= 4 is 39.1 Å². The Morgan fingerprint density at radius 3 is 2.30 bits per heavy atom. The van der Waals surface area contributed by atoms with Crippen molar-refractivity contribution < 1.29 is 13.2 Å². The van der Waals surface area contributed by atoms with Crippen LogP contribution in [-0.4, -0.2) is 32.7 Å². The van der Waals surface area contributed by atoms with Crippen molar-refractivity contribution in [3.8, 4) is 0 Å². The van der Waals surface area contributed by atoms with E-state index in [1.807, 2.05) is 12.1 Å². The van der Waals surface area contributed by atoms with Gasteiger partial charge < -0.3 is 5.32 Å². The van der Waals surface area contributed by atoms with E-state index in [0.29, 0.717) is 10.9 Å². The van der Waals surface area contributed by atoms with Gasteiger partial charge in [-0.15, -0.1) is 0 Å². The maximum absolute atomic E-state index is 12.9. The molecule has 0 saturated heterocycles. The van der Waals surface area contributed by atoms with Gasteiger partial charge in [-0.25, -0.2) is 12.7 Å². The number of benzene rings is 2. The molecule has 1 fully saturated rings. The maximum Gasteiger partial charge on any atom is 0.253 e. The number of rotatable bonds is 6. The van der Waals surface area contributed by atoms with Crippen molar-refractivity contribution in [2.75, 3.05) is 14.1 Å². The molecule has 0 spiro atoms. The van der Waals surface area contributed by atoms with Crippen molar-refractivity contribution in [3.05, 3.63) is 63.6 Å². The summed E-state index contributed by atoms with van der Waals surface area (Å²) >= 11 is 12.1. The zero-order chi connectivity index (χ0) is 19.8. The zero-order valence-corrected chi connectivity index (χ0v) is 17.3. The standard InChI is InChI=1S/C19H20Cl2N2O3S/c1-23(2)27(25,26)15-9-10-17(21)16(11-15)19(24)22-18(12-3-4-12)13-5-7-14(20)8-6-13/h5-12,18H,3-4H2,1-2H3,(H,22,24)/t18-/m1/s1. The van der Waals surface area contributed by atoms with Gasteiger partial charge in [-0.2, -0.15) is 0 Å². The number of carbonyl (C=O) groups is 1. The second-order valence-electron chi connectivity index (χ2n) is 6.77. The van der Waals surface area contributed by atoms with Crippen molar-refractivity contribution in [3.63, 3.8) is 0 Å². The number of hydrogen-bond acceptors (Lipinski definition) is 3. The topological polar surface area (TPSA) is 66.5 Å². The molecule has 1 N–H and O–H groups in total. The summed E-state index contributed by atoms with van der Waals surface area (Å²) in [6.45, 7) is 0. The molecule has 0 aliphatic heterocycles. The molecule has 0 aromatic heterocycles. The van der Waals surface area contributed by atoms with E-state index in [2.05, 4.69) is 5.32 Å². The quantitative estimate of drug-likeness (QED) is 0.754. The second-order valence-corrected chi connectivity index (χ2v) is 9.76. The second kappa shape index (κ2) is 7.80. The Hall–Kier alpha value is -1.60. The summed E-state index contributed by atoms with van der Waals surface area (Å²) in [5.74, 6) is -0.0507. The largest absolute Gasteiger partial charge is 0.345 e. The van der Waals surface area contributed by atoms with Crippen LogP contribution in [0.25, 0.3) is 0 Å². The van der Waals surface area contributed by atoms with Gasteiger partial charge in [-0.1, -0.05) is 35.3 Å². The number of carbonyl (C=O) groups excluding carboxylic acids is 1. The van der Waals surface area contributed by atoms with Gasteiger partial charge in [0.25, 0.3) is 5.91 Å². The molecule has 0 heterocycles. The molecule has 8 heteroatoms. The monoisotopic (exact) mass is 426 g/mol. The van der Waals surface area contributed by atoms with Gasteiger partial charge in [-0.05, 0) is 54.7 Å². The first-order valence-electron chi connectivity index (χ1n) is 8.48. The van der Waals surface area contributed by atoms with E-state index in [9.17, 15) is 13.2 Å². The van der Waals surface area contributed by atoms with Crippen LogP contribution in [0.5, 0.6) is 0 Å². The van der Waals surface area contributed by atoms with Crippen molar-refractivity contribution in [2.24, 2.45) is 5.92 Å². The minimum absolute atomic E-state index is 0.0246. The third-order valence-electron chi connectivity index (χ3n) is 4.57. The first-order chi connectivity index (χ1) is 12.7. The number of halogens is 2. The third kappa shape index (κ3) is 4.46. The fourth-order valence-corrected chi connectivity index (χ4v) is 4.10. The Morgan fingerprint density at radius 2 is 1.74 bits per heavy atom. The number of sulfonamides is 1. The Bertz CT molecular complexity index is 955. The van der Waals surface area contributed by atoms with Crippen LogP contribution < -0.4 is 5.32 Å².